The van der Waals surface area contributed by atoms with Gasteiger partial charge in [0, 0.05) is 10.4 Å². The maximum Gasteiger partial charge on any atom is 0.197 e. The highest BCUT2D eigenvalue weighted by Crippen LogP contribution is 2.30. The van der Waals surface area contributed by atoms with E-state index in [-0.39, 0.29) is 5.78 Å². The van der Waals surface area contributed by atoms with Crippen molar-refractivity contribution in [1.29, 1.82) is 0 Å². The Kier molecular flexibility index (Phi) is 12.9. The average molecular weight is 462 g/mol. The number of hydrogen-bond donors (Lipinski definition) is 1. The minimum Gasteiger partial charge on any atom is -0.390 e. The molecule has 0 saturated heterocycles. The molecule has 0 unspecified atom stereocenters. The zero-order chi connectivity index (χ0) is 22.3. The number of unbranched alkanes of at least 4 members (excludes halogenated alkanes) is 13. The average Bonchev–Trinajstić information content (AvgIpc) is 3.14. The third-order valence-electron chi connectivity index (χ3n) is 5.95. The highest BCUT2D eigenvalue weighted by molar-refractivity contribution is 7.16. The number of anilines is 1. The molecule has 0 bridgehead atoms. The van der Waals surface area contributed by atoms with Gasteiger partial charge in [-0.2, -0.15) is 0 Å². The summed E-state index contributed by atoms with van der Waals surface area (Å²) in [6.07, 6.45) is 20.1. The van der Waals surface area contributed by atoms with Crippen LogP contribution in [-0.2, 0) is 6.42 Å². The summed E-state index contributed by atoms with van der Waals surface area (Å²) in [7, 11) is 0. The number of halogens is 1. The maximum absolute atomic E-state index is 12.7. The molecule has 2 rings (SSSR count). The van der Waals surface area contributed by atoms with E-state index >= 15 is 0 Å². The lowest BCUT2D eigenvalue weighted by Crippen LogP contribution is -2.03. The summed E-state index contributed by atoms with van der Waals surface area (Å²) >= 11 is 7.72. The Hall–Kier alpha value is -1.32. The molecule has 0 atom stereocenters. The summed E-state index contributed by atoms with van der Waals surface area (Å²) in [5, 5.41) is 1.08. The van der Waals surface area contributed by atoms with Gasteiger partial charge in [0.15, 0.2) is 5.78 Å². The molecule has 1 aromatic heterocycles. The van der Waals surface area contributed by atoms with Gasteiger partial charge in [-0.3, -0.25) is 4.79 Å². The second-order valence-electron chi connectivity index (χ2n) is 8.65. The zero-order valence-corrected chi connectivity index (χ0v) is 20.8. The molecule has 4 heteroatoms. The second kappa shape index (κ2) is 15.5. The third kappa shape index (κ3) is 9.78. The van der Waals surface area contributed by atoms with Crippen molar-refractivity contribution in [2.75, 3.05) is 5.73 Å². The van der Waals surface area contributed by atoms with Crippen LogP contribution >= 0.6 is 22.9 Å². The van der Waals surface area contributed by atoms with Crippen molar-refractivity contribution < 1.29 is 4.79 Å². The van der Waals surface area contributed by atoms with Crippen LogP contribution in [0.1, 0.15) is 118 Å². The molecule has 0 amide bonds. The van der Waals surface area contributed by atoms with E-state index in [9.17, 15) is 4.79 Å². The topological polar surface area (TPSA) is 43.1 Å². The van der Waals surface area contributed by atoms with Gasteiger partial charge in [0.2, 0.25) is 0 Å². The number of benzene rings is 1. The number of carbonyl (C=O) groups is 1. The lowest BCUT2D eigenvalue weighted by Gasteiger charge is -2.03. The summed E-state index contributed by atoms with van der Waals surface area (Å²) in [4.78, 5) is 13.9. The molecule has 1 aromatic carbocycles. The van der Waals surface area contributed by atoms with Crippen LogP contribution in [0.4, 0.5) is 5.00 Å². The molecular formula is C27H40ClNOS. The highest BCUT2D eigenvalue weighted by atomic mass is 35.5. The number of nitrogen functional groups attached to an aromatic ring is 1. The molecule has 31 heavy (non-hydrogen) atoms. The van der Waals surface area contributed by atoms with Gasteiger partial charge >= 0.3 is 0 Å². The Morgan fingerprint density at radius 3 is 1.87 bits per heavy atom. The number of rotatable bonds is 17. The van der Waals surface area contributed by atoms with Gasteiger partial charge in [0.05, 0.1) is 15.6 Å². The first kappa shape index (κ1) is 25.9. The molecule has 0 fully saturated rings. The quantitative estimate of drug-likeness (QED) is 0.188. The fraction of sp³-hybridized carbons (Fsp3) is 0.593. The molecule has 2 N–H and O–H groups in total. The number of aryl methyl sites for hydroxylation is 1. The second-order valence-corrected chi connectivity index (χ2v) is 10.2. The molecule has 0 saturated carbocycles. The van der Waals surface area contributed by atoms with Crippen molar-refractivity contribution in [3.05, 3.63) is 51.4 Å². The number of nitrogens with two attached hydrogens (primary N) is 1. The molecule has 2 nitrogen and oxygen atoms in total. The fourth-order valence-corrected chi connectivity index (χ4v) is 5.23. The van der Waals surface area contributed by atoms with Gasteiger partial charge in [-0.15, -0.1) is 11.3 Å². The fourth-order valence-electron chi connectivity index (χ4n) is 4.04. The van der Waals surface area contributed by atoms with Crippen LogP contribution in [0.3, 0.4) is 0 Å². The van der Waals surface area contributed by atoms with E-state index in [1.165, 1.54) is 88.3 Å². The van der Waals surface area contributed by atoms with Gasteiger partial charge in [0.25, 0.3) is 0 Å². The minimum atomic E-state index is -0.0773. The van der Waals surface area contributed by atoms with Gasteiger partial charge in [-0.05, 0) is 31.0 Å². The first-order valence-corrected chi connectivity index (χ1v) is 13.5. The molecule has 0 aliphatic heterocycles. The van der Waals surface area contributed by atoms with Crippen LogP contribution in [0.2, 0.25) is 5.02 Å². The predicted molar refractivity (Wildman–Crippen MR) is 138 cm³/mol. The van der Waals surface area contributed by atoms with Crippen LogP contribution < -0.4 is 5.73 Å². The highest BCUT2D eigenvalue weighted by Gasteiger charge is 2.18. The summed E-state index contributed by atoms with van der Waals surface area (Å²) in [6, 6.07) is 9.13. The zero-order valence-electron chi connectivity index (χ0n) is 19.3. The number of hydrogen-bond acceptors (Lipinski definition) is 3. The Morgan fingerprint density at radius 2 is 1.32 bits per heavy atom. The minimum absolute atomic E-state index is 0.0773. The van der Waals surface area contributed by atoms with Crippen LogP contribution in [-0.4, -0.2) is 5.78 Å². The molecule has 0 aliphatic rings. The molecule has 172 valence electrons. The van der Waals surface area contributed by atoms with Crippen LogP contribution in [0, 0.1) is 0 Å². The summed E-state index contributed by atoms with van der Waals surface area (Å²) < 4.78 is 0. The van der Waals surface area contributed by atoms with E-state index in [1.54, 1.807) is 23.5 Å². The molecular weight excluding hydrogens is 422 g/mol. The van der Waals surface area contributed by atoms with Gasteiger partial charge < -0.3 is 5.73 Å². The molecule has 2 aromatic rings. The first-order chi connectivity index (χ1) is 15.1. The first-order valence-electron chi connectivity index (χ1n) is 12.3. The number of thiophene rings is 1. The summed E-state index contributed by atoms with van der Waals surface area (Å²) in [5.74, 6) is -0.0773. The Balaban J connectivity index is 1.54. The van der Waals surface area contributed by atoms with Crippen LogP contribution in [0.25, 0.3) is 0 Å². The lowest BCUT2D eigenvalue weighted by atomic mass is 10.0. The van der Waals surface area contributed by atoms with Crippen molar-refractivity contribution in [1.82, 2.24) is 0 Å². The normalized spacial score (nSPS) is 11.2. The SMILES string of the molecule is CCCCCCCCCCCCCCCCc1cc(C(=O)c2ccccc2Cl)c(N)s1. The van der Waals surface area contributed by atoms with Crippen molar-refractivity contribution in [3.8, 4) is 0 Å². The molecule has 0 spiro atoms. The number of carbonyl (C=O) groups excluding carboxylic acids is 1. The predicted octanol–water partition coefficient (Wildman–Crippen LogP) is 9.24. The molecule has 1 heterocycles. The smallest absolute Gasteiger partial charge is 0.197 e. The van der Waals surface area contributed by atoms with E-state index in [4.69, 9.17) is 17.3 Å². The largest absolute Gasteiger partial charge is 0.390 e. The third-order valence-corrected chi connectivity index (χ3v) is 7.31. The standard InChI is InChI=1S/C27H40ClNOS/c1-2-3-4-5-6-7-8-9-10-11-12-13-14-15-18-22-21-24(27(29)31-22)26(30)23-19-16-17-20-25(23)28/h16-17,19-21H,2-15,18,29H2,1H3. The maximum atomic E-state index is 12.7. The summed E-state index contributed by atoms with van der Waals surface area (Å²) in [5.41, 5.74) is 7.25. The van der Waals surface area contributed by atoms with E-state index < -0.39 is 0 Å². The van der Waals surface area contributed by atoms with Crippen LogP contribution in [0.5, 0.6) is 0 Å². The molecule has 0 aliphatic carbocycles. The van der Waals surface area contributed by atoms with Gasteiger partial charge in [0.1, 0.15) is 0 Å². The van der Waals surface area contributed by atoms with Crippen molar-refractivity contribution >= 4 is 33.7 Å². The van der Waals surface area contributed by atoms with Crippen LogP contribution in [0.15, 0.2) is 30.3 Å². The Morgan fingerprint density at radius 1 is 0.806 bits per heavy atom. The van der Waals surface area contributed by atoms with Gasteiger partial charge in [-0.25, -0.2) is 0 Å². The van der Waals surface area contributed by atoms with E-state index in [2.05, 4.69) is 6.92 Å². The van der Waals surface area contributed by atoms with Crippen molar-refractivity contribution in [2.45, 2.75) is 103 Å². The van der Waals surface area contributed by atoms with E-state index in [0.717, 1.165) is 12.8 Å². The van der Waals surface area contributed by atoms with Crippen molar-refractivity contribution in [2.24, 2.45) is 0 Å². The van der Waals surface area contributed by atoms with Crippen molar-refractivity contribution in [3.63, 3.8) is 0 Å². The Labute approximate surface area is 198 Å². The van der Waals surface area contributed by atoms with Gasteiger partial charge in [-0.1, -0.05) is 114 Å². The lowest BCUT2D eigenvalue weighted by molar-refractivity contribution is 0.104. The summed E-state index contributed by atoms with van der Waals surface area (Å²) in [6.45, 7) is 2.28. The monoisotopic (exact) mass is 461 g/mol. The number of ketones is 1. The Bertz CT molecular complexity index is 770. The van der Waals surface area contributed by atoms with E-state index in [0.29, 0.717) is 21.2 Å². The van der Waals surface area contributed by atoms with E-state index in [1.807, 2.05) is 18.2 Å². The molecule has 0 radical (unpaired) electrons.